The van der Waals surface area contributed by atoms with Gasteiger partial charge in [-0.3, -0.25) is 4.79 Å². The first-order chi connectivity index (χ1) is 6.86. The number of nitrogens with one attached hydrogen (secondary N) is 3. The Morgan fingerprint density at radius 2 is 2.36 bits per heavy atom. The molecule has 0 spiro atoms. The zero-order valence-corrected chi connectivity index (χ0v) is 7.66. The number of aromatic nitrogens is 4. The fourth-order valence-corrected chi connectivity index (χ4v) is 1.08. The Morgan fingerprint density at radius 3 is 3.00 bits per heavy atom. The number of nitrogens with zero attached hydrogens (tertiary/aromatic N) is 3. The lowest BCUT2D eigenvalue weighted by molar-refractivity contribution is 0.0943. The second-order valence-electron chi connectivity index (χ2n) is 3.22. The van der Waals surface area contributed by atoms with Crippen molar-refractivity contribution in [3.05, 3.63) is 5.82 Å². The first-order valence-corrected chi connectivity index (χ1v) is 4.61. The molecule has 1 heterocycles. The summed E-state index contributed by atoms with van der Waals surface area (Å²) in [6.45, 7) is 1.37. The van der Waals surface area contributed by atoms with Crippen molar-refractivity contribution in [2.75, 3.05) is 13.1 Å². The summed E-state index contributed by atoms with van der Waals surface area (Å²) in [5.74, 6) is -0.215. The van der Waals surface area contributed by atoms with Crippen molar-refractivity contribution in [2.45, 2.75) is 18.9 Å². The molecule has 0 atom stereocenters. The molecule has 1 aliphatic carbocycles. The molecule has 3 N–H and O–H groups in total. The second kappa shape index (κ2) is 4.14. The topological polar surface area (TPSA) is 95.6 Å². The molecular formula is C7H12N6O. The Morgan fingerprint density at radius 1 is 1.50 bits per heavy atom. The SMILES string of the molecule is O=C(NCCNC1CC1)c1nn[nH]n1. The second-order valence-corrected chi connectivity index (χ2v) is 3.22. The molecule has 0 radical (unpaired) electrons. The average Bonchev–Trinajstić information content (AvgIpc) is 2.84. The highest BCUT2D eigenvalue weighted by Gasteiger charge is 2.19. The van der Waals surface area contributed by atoms with Gasteiger partial charge in [0.25, 0.3) is 11.7 Å². The Bertz CT molecular complexity index is 293. The quantitative estimate of drug-likeness (QED) is 0.508. The van der Waals surface area contributed by atoms with Crippen molar-refractivity contribution >= 4 is 5.91 Å². The molecule has 0 bridgehead atoms. The van der Waals surface area contributed by atoms with Gasteiger partial charge in [-0.15, -0.1) is 10.2 Å². The molecule has 7 nitrogen and oxygen atoms in total. The number of rotatable bonds is 5. The molecule has 1 amide bonds. The van der Waals surface area contributed by atoms with Gasteiger partial charge in [-0.25, -0.2) is 0 Å². The van der Waals surface area contributed by atoms with Crippen LogP contribution in [-0.4, -0.2) is 45.7 Å². The van der Waals surface area contributed by atoms with Crippen molar-refractivity contribution in [1.82, 2.24) is 31.3 Å². The molecule has 1 aromatic heterocycles. The van der Waals surface area contributed by atoms with Gasteiger partial charge in [0, 0.05) is 19.1 Å². The van der Waals surface area contributed by atoms with E-state index in [9.17, 15) is 4.79 Å². The number of tetrazole rings is 1. The molecule has 1 fully saturated rings. The summed E-state index contributed by atoms with van der Waals surface area (Å²) in [7, 11) is 0. The van der Waals surface area contributed by atoms with Gasteiger partial charge in [0.05, 0.1) is 0 Å². The third-order valence-electron chi connectivity index (χ3n) is 1.97. The smallest absolute Gasteiger partial charge is 0.292 e. The Balaban J connectivity index is 1.62. The summed E-state index contributed by atoms with van der Waals surface area (Å²) in [6.07, 6.45) is 2.50. The largest absolute Gasteiger partial charge is 0.348 e. The van der Waals surface area contributed by atoms with E-state index in [0.29, 0.717) is 12.6 Å². The third-order valence-corrected chi connectivity index (χ3v) is 1.97. The summed E-state index contributed by atoms with van der Waals surface area (Å²) >= 11 is 0. The van der Waals surface area contributed by atoms with Crippen LogP contribution in [-0.2, 0) is 0 Å². The van der Waals surface area contributed by atoms with E-state index in [0.717, 1.165) is 6.54 Å². The van der Waals surface area contributed by atoms with Gasteiger partial charge < -0.3 is 10.6 Å². The predicted octanol–water partition coefficient (Wildman–Crippen LogP) is -1.32. The van der Waals surface area contributed by atoms with Crippen LogP contribution in [0.4, 0.5) is 0 Å². The van der Waals surface area contributed by atoms with Gasteiger partial charge in [-0.2, -0.15) is 5.21 Å². The minimum absolute atomic E-state index is 0.0800. The van der Waals surface area contributed by atoms with Crippen LogP contribution in [0, 0.1) is 0 Å². The van der Waals surface area contributed by atoms with Crippen molar-refractivity contribution in [1.29, 1.82) is 0 Å². The minimum Gasteiger partial charge on any atom is -0.348 e. The molecule has 0 saturated heterocycles. The standard InChI is InChI=1S/C7H12N6O/c14-7(6-10-12-13-11-6)9-4-3-8-5-1-2-5/h5,8H,1-4H2,(H,9,14)(H,10,11,12,13). The van der Waals surface area contributed by atoms with E-state index in [2.05, 4.69) is 31.3 Å². The van der Waals surface area contributed by atoms with E-state index >= 15 is 0 Å². The van der Waals surface area contributed by atoms with Crippen LogP contribution in [0.3, 0.4) is 0 Å². The van der Waals surface area contributed by atoms with Crippen LogP contribution < -0.4 is 10.6 Å². The molecule has 0 unspecified atom stereocenters. The van der Waals surface area contributed by atoms with Crippen molar-refractivity contribution in [3.63, 3.8) is 0 Å². The van der Waals surface area contributed by atoms with E-state index in [1.807, 2.05) is 0 Å². The number of hydrogen-bond donors (Lipinski definition) is 3. The molecule has 1 aliphatic rings. The van der Waals surface area contributed by atoms with Crippen LogP contribution in [0.2, 0.25) is 0 Å². The maximum absolute atomic E-state index is 11.2. The number of carbonyl (C=O) groups is 1. The summed E-state index contributed by atoms with van der Waals surface area (Å²) < 4.78 is 0. The zero-order valence-electron chi connectivity index (χ0n) is 7.66. The van der Waals surface area contributed by atoms with Crippen LogP contribution in [0.15, 0.2) is 0 Å². The van der Waals surface area contributed by atoms with Crippen molar-refractivity contribution in [3.8, 4) is 0 Å². The number of carbonyl (C=O) groups excluding carboxylic acids is 1. The summed E-state index contributed by atoms with van der Waals surface area (Å²) in [4.78, 5) is 11.2. The molecule has 1 aromatic rings. The molecule has 76 valence electrons. The number of H-pyrrole nitrogens is 1. The van der Waals surface area contributed by atoms with Gasteiger partial charge >= 0.3 is 0 Å². The van der Waals surface area contributed by atoms with Crippen LogP contribution in [0.25, 0.3) is 0 Å². The number of amides is 1. The molecular weight excluding hydrogens is 184 g/mol. The maximum Gasteiger partial charge on any atom is 0.292 e. The fraction of sp³-hybridized carbons (Fsp3) is 0.714. The van der Waals surface area contributed by atoms with E-state index in [1.54, 1.807) is 0 Å². The predicted molar refractivity (Wildman–Crippen MR) is 47.5 cm³/mol. The van der Waals surface area contributed by atoms with E-state index in [1.165, 1.54) is 12.8 Å². The number of hydrogen-bond acceptors (Lipinski definition) is 5. The molecule has 2 rings (SSSR count). The summed E-state index contributed by atoms with van der Waals surface area (Å²) in [5, 5.41) is 18.6. The highest BCUT2D eigenvalue weighted by molar-refractivity contribution is 5.89. The lowest BCUT2D eigenvalue weighted by Crippen LogP contribution is -2.33. The Hall–Kier alpha value is -1.50. The normalized spacial score (nSPS) is 15.4. The summed E-state index contributed by atoms with van der Waals surface area (Å²) in [5.41, 5.74) is 0. The van der Waals surface area contributed by atoms with Gasteiger partial charge in [0.15, 0.2) is 0 Å². The van der Waals surface area contributed by atoms with E-state index < -0.39 is 0 Å². The molecule has 1 saturated carbocycles. The van der Waals surface area contributed by atoms with E-state index in [4.69, 9.17) is 0 Å². The highest BCUT2D eigenvalue weighted by atomic mass is 16.2. The fourth-order valence-electron chi connectivity index (χ4n) is 1.08. The van der Waals surface area contributed by atoms with Gasteiger partial charge in [-0.1, -0.05) is 0 Å². The molecule has 0 aromatic carbocycles. The highest BCUT2D eigenvalue weighted by Crippen LogP contribution is 2.17. The zero-order chi connectivity index (χ0) is 9.80. The number of aromatic amines is 1. The summed E-state index contributed by atoms with van der Waals surface area (Å²) in [6, 6.07) is 0.664. The Kier molecular flexibility index (Phi) is 2.68. The third kappa shape index (κ3) is 2.49. The Labute approximate surface area is 80.6 Å². The van der Waals surface area contributed by atoms with Gasteiger partial charge in [0.2, 0.25) is 0 Å². The molecule has 14 heavy (non-hydrogen) atoms. The monoisotopic (exact) mass is 196 g/mol. The van der Waals surface area contributed by atoms with E-state index in [-0.39, 0.29) is 11.7 Å². The van der Waals surface area contributed by atoms with Crippen LogP contribution in [0.1, 0.15) is 23.5 Å². The van der Waals surface area contributed by atoms with Crippen molar-refractivity contribution < 1.29 is 4.79 Å². The average molecular weight is 196 g/mol. The van der Waals surface area contributed by atoms with Crippen LogP contribution in [0.5, 0.6) is 0 Å². The van der Waals surface area contributed by atoms with Gasteiger partial charge in [-0.05, 0) is 18.1 Å². The van der Waals surface area contributed by atoms with Crippen molar-refractivity contribution in [2.24, 2.45) is 0 Å². The first kappa shape index (κ1) is 9.07. The lowest BCUT2D eigenvalue weighted by Gasteiger charge is -2.02. The minimum atomic E-state index is -0.295. The maximum atomic E-state index is 11.2. The van der Waals surface area contributed by atoms with Gasteiger partial charge in [0.1, 0.15) is 0 Å². The molecule has 7 heteroatoms. The molecule has 0 aliphatic heterocycles. The lowest BCUT2D eigenvalue weighted by atomic mass is 10.5. The first-order valence-electron chi connectivity index (χ1n) is 4.61. The van der Waals surface area contributed by atoms with Crippen LogP contribution >= 0.6 is 0 Å².